The smallest absolute Gasteiger partial charge is 0.253 e. The second-order valence-corrected chi connectivity index (χ2v) is 7.43. The molecule has 1 atom stereocenters. The highest BCUT2D eigenvalue weighted by molar-refractivity contribution is 7.98. The van der Waals surface area contributed by atoms with E-state index in [0.29, 0.717) is 28.8 Å². The van der Waals surface area contributed by atoms with E-state index >= 15 is 0 Å². The van der Waals surface area contributed by atoms with Gasteiger partial charge in [-0.15, -0.1) is 17.5 Å². The number of carbonyl (C=O) groups is 1. The highest BCUT2D eigenvalue weighted by Crippen LogP contribution is 2.22. The Kier molecular flexibility index (Phi) is 7.79. The minimum absolute atomic E-state index is 0. The van der Waals surface area contributed by atoms with Crippen LogP contribution in [0.15, 0.2) is 35.5 Å². The molecular weight excluding hydrogens is 396 g/mol. The Bertz CT molecular complexity index is 961. The maximum Gasteiger partial charge on any atom is 0.253 e. The lowest BCUT2D eigenvalue weighted by Gasteiger charge is -2.13. The third kappa shape index (κ3) is 5.21. The Morgan fingerprint density at radius 2 is 2.00 bits per heavy atom. The number of aryl methyl sites for hydroxylation is 2. The standard InChI is InChI=1S/C19H24N6OS.ClH/c1-12-9-14(3)25-18(22-12)23-19(24-25)27-11-15-7-5-6-8-16(15)17(26)21-10-13(2)20-4;/h5-9,13,20H,10-11H2,1-4H3,(H,21,26);1H. The molecule has 7 nitrogen and oxygen atoms in total. The monoisotopic (exact) mass is 420 g/mol. The third-order valence-electron chi connectivity index (χ3n) is 4.28. The van der Waals surface area contributed by atoms with Crippen LogP contribution in [0.4, 0.5) is 0 Å². The lowest BCUT2D eigenvalue weighted by atomic mass is 10.1. The van der Waals surface area contributed by atoms with E-state index in [4.69, 9.17) is 0 Å². The lowest BCUT2D eigenvalue weighted by molar-refractivity contribution is 0.0950. The fourth-order valence-corrected chi connectivity index (χ4v) is 3.48. The second kappa shape index (κ2) is 9.86. The van der Waals surface area contributed by atoms with Crippen LogP contribution in [0.5, 0.6) is 0 Å². The van der Waals surface area contributed by atoms with Gasteiger partial charge < -0.3 is 10.6 Å². The number of halogens is 1. The van der Waals surface area contributed by atoms with Gasteiger partial charge >= 0.3 is 0 Å². The third-order valence-corrected chi connectivity index (χ3v) is 5.17. The minimum atomic E-state index is -0.0654. The van der Waals surface area contributed by atoms with Crippen molar-refractivity contribution in [1.82, 2.24) is 30.2 Å². The number of fused-ring (bicyclic) bond motifs is 1. The molecule has 2 N–H and O–H groups in total. The number of carbonyl (C=O) groups excluding carboxylic acids is 1. The van der Waals surface area contributed by atoms with Crippen molar-refractivity contribution in [1.29, 1.82) is 0 Å². The summed E-state index contributed by atoms with van der Waals surface area (Å²) in [4.78, 5) is 21.4. The molecule has 0 saturated heterocycles. The van der Waals surface area contributed by atoms with Crippen LogP contribution in [0.1, 0.15) is 34.2 Å². The van der Waals surface area contributed by atoms with Gasteiger partial charge in [-0.05, 0) is 45.5 Å². The van der Waals surface area contributed by atoms with Crippen LogP contribution >= 0.6 is 24.2 Å². The molecule has 150 valence electrons. The molecule has 0 bridgehead atoms. The molecule has 0 fully saturated rings. The summed E-state index contributed by atoms with van der Waals surface area (Å²) in [6.45, 7) is 6.53. The highest BCUT2D eigenvalue weighted by Gasteiger charge is 2.14. The van der Waals surface area contributed by atoms with Crippen LogP contribution < -0.4 is 10.6 Å². The van der Waals surface area contributed by atoms with Gasteiger partial charge in [-0.25, -0.2) is 9.50 Å². The van der Waals surface area contributed by atoms with Gasteiger partial charge in [0.05, 0.1) is 0 Å². The van der Waals surface area contributed by atoms with Crippen molar-refractivity contribution in [3.63, 3.8) is 0 Å². The first kappa shape index (κ1) is 22.1. The largest absolute Gasteiger partial charge is 0.350 e. The lowest BCUT2D eigenvalue weighted by Crippen LogP contribution is -2.37. The molecule has 1 amide bonds. The van der Waals surface area contributed by atoms with Gasteiger partial charge in [0, 0.05) is 35.3 Å². The fraction of sp³-hybridized carbons (Fsp3) is 0.368. The van der Waals surface area contributed by atoms with Crippen molar-refractivity contribution >= 4 is 35.9 Å². The van der Waals surface area contributed by atoms with Crippen molar-refractivity contribution < 1.29 is 4.79 Å². The molecule has 1 unspecified atom stereocenters. The summed E-state index contributed by atoms with van der Waals surface area (Å²) in [7, 11) is 1.88. The van der Waals surface area contributed by atoms with Crippen LogP contribution in [0.25, 0.3) is 5.78 Å². The Morgan fingerprint density at radius 1 is 1.25 bits per heavy atom. The molecular formula is C19H25ClN6OS. The second-order valence-electron chi connectivity index (χ2n) is 6.49. The number of hydrogen-bond donors (Lipinski definition) is 2. The van der Waals surface area contributed by atoms with Crippen LogP contribution in [0.2, 0.25) is 0 Å². The molecule has 3 rings (SSSR count). The van der Waals surface area contributed by atoms with Crippen molar-refractivity contribution in [2.24, 2.45) is 0 Å². The van der Waals surface area contributed by atoms with E-state index in [1.54, 1.807) is 4.52 Å². The zero-order valence-electron chi connectivity index (χ0n) is 16.4. The average molecular weight is 421 g/mol. The summed E-state index contributed by atoms with van der Waals surface area (Å²) < 4.78 is 1.74. The summed E-state index contributed by atoms with van der Waals surface area (Å²) in [6, 6.07) is 9.83. The molecule has 28 heavy (non-hydrogen) atoms. The number of benzene rings is 1. The first-order valence-electron chi connectivity index (χ1n) is 8.85. The molecule has 9 heteroatoms. The molecule has 2 aromatic heterocycles. The summed E-state index contributed by atoms with van der Waals surface area (Å²) in [5.74, 6) is 1.14. The average Bonchev–Trinajstić information content (AvgIpc) is 3.07. The first-order valence-corrected chi connectivity index (χ1v) is 9.83. The number of hydrogen-bond acceptors (Lipinski definition) is 6. The summed E-state index contributed by atoms with van der Waals surface area (Å²) in [6.07, 6.45) is 0. The SMILES string of the molecule is CNC(C)CNC(=O)c1ccccc1CSc1nc2nc(C)cc(C)n2n1.Cl. The van der Waals surface area contributed by atoms with Gasteiger partial charge in [-0.3, -0.25) is 4.79 Å². The van der Waals surface area contributed by atoms with Crippen LogP contribution in [-0.4, -0.2) is 45.1 Å². The Morgan fingerprint density at radius 3 is 2.75 bits per heavy atom. The van der Waals surface area contributed by atoms with Crippen molar-refractivity contribution in [3.8, 4) is 0 Å². The summed E-state index contributed by atoms with van der Waals surface area (Å²) in [5.41, 5.74) is 3.55. The quantitative estimate of drug-likeness (QED) is 0.572. The molecule has 0 aliphatic carbocycles. The molecule has 0 spiro atoms. The van der Waals surface area contributed by atoms with E-state index < -0.39 is 0 Å². The molecule has 0 saturated carbocycles. The zero-order chi connectivity index (χ0) is 19.4. The summed E-state index contributed by atoms with van der Waals surface area (Å²) in [5, 5.41) is 11.2. The first-order chi connectivity index (χ1) is 13.0. The van der Waals surface area contributed by atoms with Crippen molar-refractivity contribution in [2.75, 3.05) is 13.6 Å². The van der Waals surface area contributed by atoms with Crippen molar-refractivity contribution in [3.05, 3.63) is 52.8 Å². The Balaban J connectivity index is 0.00000280. The van der Waals surface area contributed by atoms with E-state index in [0.717, 1.165) is 17.0 Å². The molecule has 3 aromatic rings. The predicted octanol–water partition coefficient (Wildman–Crippen LogP) is 2.79. The summed E-state index contributed by atoms with van der Waals surface area (Å²) >= 11 is 1.50. The van der Waals surface area contributed by atoms with Gasteiger partial charge in [-0.1, -0.05) is 30.0 Å². The van der Waals surface area contributed by atoms with Gasteiger partial charge in [0.1, 0.15) is 0 Å². The topological polar surface area (TPSA) is 84.2 Å². The number of nitrogens with one attached hydrogen (secondary N) is 2. The van der Waals surface area contributed by atoms with Gasteiger partial charge in [0.2, 0.25) is 5.16 Å². The molecule has 0 aliphatic heterocycles. The van der Waals surface area contributed by atoms with Crippen molar-refractivity contribution in [2.45, 2.75) is 37.7 Å². The highest BCUT2D eigenvalue weighted by atomic mass is 35.5. The number of likely N-dealkylation sites (N-methyl/N-ethyl adjacent to an activating group) is 1. The molecule has 0 aliphatic rings. The van der Waals surface area contributed by atoms with Crippen LogP contribution in [0, 0.1) is 13.8 Å². The van der Waals surface area contributed by atoms with E-state index in [-0.39, 0.29) is 24.4 Å². The number of aromatic nitrogens is 4. The van der Waals surface area contributed by atoms with E-state index in [1.807, 2.05) is 58.2 Å². The molecule has 1 aromatic carbocycles. The van der Waals surface area contributed by atoms with Gasteiger partial charge in [0.25, 0.3) is 11.7 Å². The number of thioether (sulfide) groups is 1. The van der Waals surface area contributed by atoms with Gasteiger partial charge in [0.15, 0.2) is 0 Å². The normalized spacial score (nSPS) is 11.9. The maximum absolute atomic E-state index is 12.5. The molecule has 0 radical (unpaired) electrons. The Hall–Kier alpha value is -2.16. The fourth-order valence-electron chi connectivity index (χ4n) is 2.66. The van der Waals surface area contributed by atoms with E-state index in [2.05, 4.69) is 25.7 Å². The van der Waals surface area contributed by atoms with E-state index in [9.17, 15) is 4.79 Å². The number of amides is 1. The number of nitrogens with zero attached hydrogens (tertiary/aromatic N) is 4. The van der Waals surface area contributed by atoms with Crippen LogP contribution in [0.3, 0.4) is 0 Å². The number of rotatable bonds is 7. The molecule has 2 heterocycles. The van der Waals surface area contributed by atoms with Crippen LogP contribution in [-0.2, 0) is 5.75 Å². The maximum atomic E-state index is 12.5. The predicted molar refractivity (Wildman–Crippen MR) is 114 cm³/mol. The van der Waals surface area contributed by atoms with Gasteiger partial charge in [-0.2, -0.15) is 4.98 Å². The van der Waals surface area contributed by atoms with E-state index in [1.165, 1.54) is 11.8 Å². The zero-order valence-corrected chi connectivity index (χ0v) is 18.0. The minimum Gasteiger partial charge on any atom is -0.350 e. The Labute approximate surface area is 175 Å².